The Morgan fingerprint density at radius 2 is 1.89 bits per heavy atom. The van der Waals surface area contributed by atoms with Gasteiger partial charge in [-0.05, 0) is 18.2 Å². The highest BCUT2D eigenvalue weighted by molar-refractivity contribution is 7.14. The SMILES string of the molecule is COc1ccc(C(=O)Nc2nc(CC(=O)Nc3nccs3)cs2)cc1OC. The van der Waals surface area contributed by atoms with Gasteiger partial charge in [0, 0.05) is 22.5 Å². The Bertz CT molecular complexity index is 940. The van der Waals surface area contributed by atoms with Crippen LogP contribution in [0.25, 0.3) is 0 Å². The molecular weight excluding hydrogens is 388 g/mol. The number of amides is 2. The third-order valence-electron chi connectivity index (χ3n) is 3.44. The summed E-state index contributed by atoms with van der Waals surface area (Å²) in [4.78, 5) is 32.6. The van der Waals surface area contributed by atoms with E-state index in [1.54, 1.807) is 35.2 Å². The van der Waals surface area contributed by atoms with Gasteiger partial charge in [-0.25, -0.2) is 9.97 Å². The first-order valence-electron chi connectivity index (χ1n) is 7.76. The number of aromatic nitrogens is 2. The van der Waals surface area contributed by atoms with Crippen LogP contribution in [-0.4, -0.2) is 36.0 Å². The normalized spacial score (nSPS) is 10.3. The lowest BCUT2D eigenvalue weighted by molar-refractivity contribution is -0.115. The van der Waals surface area contributed by atoms with Crippen molar-refractivity contribution in [2.24, 2.45) is 0 Å². The molecule has 140 valence electrons. The van der Waals surface area contributed by atoms with Crippen LogP contribution in [0.3, 0.4) is 0 Å². The van der Waals surface area contributed by atoms with Gasteiger partial charge < -0.3 is 14.8 Å². The van der Waals surface area contributed by atoms with Gasteiger partial charge in [0.15, 0.2) is 21.8 Å². The molecule has 3 rings (SSSR count). The van der Waals surface area contributed by atoms with Gasteiger partial charge in [-0.3, -0.25) is 14.9 Å². The molecule has 3 aromatic rings. The van der Waals surface area contributed by atoms with Crippen molar-refractivity contribution in [3.63, 3.8) is 0 Å². The highest BCUT2D eigenvalue weighted by atomic mass is 32.1. The van der Waals surface area contributed by atoms with Crippen molar-refractivity contribution in [2.45, 2.75) is 6.42 Å². The number of nitrogens with one attached hydrogen (secondary N) is 2. The van der Waals surface area contributed by atoms with Crippen molar-refractivity contribution in [1.29, 1.82) is 0 Å². The molecular formula is C17H16N4O4S2. The number of anilines is 2. The predicted octanol–water partition coefficient (Wildman–Crippen LogP) is 3.05. The van der Waals surface area contributed by atoms with Gasteiger partial charge in [-0.15, -0.1) is 22.7 Å². The number of rotatable bonds is 7. The third kappa shape index (κ3) is 4.80. The monoisotopic (exact) mass is 404 g/mol. The number of carbonyl (C=O) groups is 2. The Kier molecular flexibility index (Phi) is 5.99. The van der Waals surface area contributed by atoms with Crippen LogP contribution in [0.1, 0.15) is 16.1 Å². The second kappa shape index (κ2) is 8.60. The fourth-order valence-electron chi connectivity index (χ4n) is 2.21. The molecule has 0 bridgehead atoms. The molecule has 8 nitrogen and oxygen atoms in total. The first-order valence-corrected chi connectivity index (χ1v) is 9.52. The fourth-order valence-corrected chi connectivity index (χ4v) is 3.46. The fraction of sp³-hybridized carbons (Fsp3) is 0.176. The van der Waals surface area contributed by atoms with Crippen molar-refractivity contribution >= 4 is 44.8 Å². The van der Waals surface area contributed by atoms with Crippen LogP contribution in [0.5, 0.6) is 11.5 Å². The lowest BCUT2D eigenvalue weighted by Gasteiger charge is -2.09. The molecule has 0 unspecified atom stereocenters. The van der Waals surface area contributed by atoms with Gasteiger partial charge in [0.05, 0.1) is 26.3 Å². The van der Waals surface area contributed by atoms with Gasteiger partial charge in [0.25, 0.3) is 5.91 Å². The van der Waals surface area contributed by atoms with Crippen LogP contribution in [-0.2, 0) is 11.2 Å². The van der Waals surface area contributed by atoms with Crippen LogP contribution in [0.4, 0.5) is 10.3 Å². The van der Waals surface area contributed by atoms with Crippen molar-refractivity contribution in [2.75, 3.05) is 24.9 Å². The lowest BCUT2D eigenvalue weighted by atomic mass is 10.2. The van der Waals surface area contributed by atoms with Gasteiger partial charge in [0.2, 0.25) is 5.91 Å². The van der Waals surface area contributed by atoms with E-state index in [-0.39, 0.29) is 18.2 Å². The highest BCUT2D eigenvalue weighted by Crippen LogP contribution is 2.28. The van der Waals surface area contributed by atoms with E-state index in [0.29, 0.717) is 33.0 Å². The number of thiazole rings is 2. The summed E-state index contributed by atoms with van der Waals surface area (Å²) in [6.07, 6.45) is 1.72. The summed E-state index contributed by atoms with van der Waals surface area (Å²) in [5, 5.41) is 9.86. The zero-order valence-corrected chi connectivity index (χ0v) is 16.1. The average molecular weight is 404 g/mol. The molecule has 0 radical (unpaired) electrons. The quantitative estimate of drug-likeness (QED) is 0.627. The topological polar surface area (TPSA) is 102 Å². The summed E-state index contributed by atoms with van der Waals surface area (Å²) in [7, 11) is 3.03. The second-order valence-corrected chi connectivity index (χ2v) is 6.98. The Labute approximate surface area is 163 Å². The zero-order valence-electron chi connectivity index (χ0n) is 14.5. The first-order chi connectivity index (χ1) is 13.1. The molecule has 0 saturated carbocycles. The molecule has 2 amide bonds. The molecule has 2 N–H and O–H groups in total. The maximum absolute atomic E-state index is 12.4. The number of benzene rings is 1. The molecule has 0 atom stereocenters. The summed E-state index contributed by atoms with van der Waals surface area (Å²) in [5.74, 6) is 0.456. The average Bonchev–Trinajstić information content (AvgIpc) is 3.33. The van der Waals surface area contributed by atoms with Crippen molar-refractivity contribution in [3.05, 3.63) is 46.4 Å². The Hall–Kier alpha value is -2.98. The smallest absolute Gasteiger partial charge is 0.257 e. The largest absolute Gasteiger partial charge is 0.493 e. The first kappa shape index (κ1) is 18.8. The van der Waals surface area contributed by atoms with Crippen molar-refractivity contribution in [3.8, 4) is 11.5 Å². The molecule has 0 spiro atoms. The summed E-state index contributed by atoms with van der Waals surface area (Å²) >= 11 is 2.59. The van der Waals surface area contributed by atoms with E-state index in [9.17, 15) is 9.59 Å². The van der Waals surface area contributed by atoms with Crippen LogP contribution < -0.4 is 20.1 Å². The van der Waals surface area contributed by atoms with Crippen LogP contribution >= 0.6 is 22.7 Å². The molecule has 0 fully saturated rings. The number of nitrogens with zero attached hydrogens (tertiary/aromatic N) is 2. The van der Waals surface area contributed by atoms with E-state index in [4.69, 9.17) is 9.47 Å². The Balaban J connectivity index is 1.61. The molecule has 1 aromatic carbocycles. The van der Waals surface area contributed by atoms with Gasteiger partial charge in [-0.2, -0.15) is 0 Å². The van der Waals surface area contributed by atoms with Crippen LogP contribution in [0.15, 0.2) is 35.2 Å². The van der Waals surface area contributed by atoms with E-state index in [0.717, 1.165) is 0 Å². The summed E-state index contributed by atoms with van der Waals surface area (Å²) in [5.41, 5.74) is 0.975. The van der Waals surface area contributed by atoms with Crippen LogP contribution in [0.2, 0.25) is 0 Å². The highest BCUT2D eigenvalue weighted by Gasteiger charge is 2.14. The lowest BCUT2D eigenvalue weighted by Crippen LogP contribution is -2.15. The Morgan fingerprint density at radius 3 is 2.59 bits per heavy atom. The maximum atomic E-state index is 12.4. The molecule has 2 aromatic heterocycles. The van der Waals surface area contributed by atoms with Gasteiger partial charge >= 0.3 is 0 Å². The summed E-state index contributed by atoms with van der Waals surface area (Å²) in [6.45, 7) is 0. The molecule has 10 heteroatoms. The molecule has 0 saturated heterocycles. The van der Waals surface area contributed by atoms with Gasteiger partial charge in [0.1, 0.15) is 0 Å². The second-order valence-electron chi connectivity index (χ2n) is 5.23. The number of hydrogen-bond acceptors (Lipinski definition) is 8. The minimum atomic E-state index is -0.330. The van der Waals surface area contributed by atoms with E-state index < -0.39 is 0 Å². The molecule has 2 heterocycles. The van der Waals surface area contributed by atoms with Crippen molar-refractivity contribution in [1.82, 2.24) is 9.97 Å². The summed E-state index contributed by atoms with van der Waals surface area (Å²) in [6, 6.07) is 4.88. The third-order valence-corrected chi connectivity index (χ3v) is 4.93. The number of carbonyl (C=O) groups excluding carboxylic acids is 2. The standard InChI is InChI=1S/C17H16N4O4S2/c1-24-12-4-3-10(7-13(12)25-2)15(23)21-17-19-11(9-27-17)8-14(22)20-16-18-5-6-26-16/h3-7,9H,8H2,1-2H3,(H,18,20,22)(H,19,21,23). The number of methoxy groups -OCH3 is 2. The van der Waals surface area contributed by atoms with E-state index in [2.05, 4.69) is 20.6 Å². The van der Waals surface area contributed by atoms with E-state index in [1.807, 2.05) is 0 Å². The van der Waals surface area contributed by atoms with E-state index >= 15 is 0 Å². The zero-order chi connectivity index (χ0) is 19.2. The minimum Gasteiger partial charge on any atom is -0.493 e. The maximum Gasteiger partial charge on any atom is 0.257 e. The Morgan fingerprint density at radius 1 is 1.07 bits per heavy atom. The molecule has 27 heavy (non-hydrogen) atoms. The molecule has 0 aliphatic rings. The van der Waals surface area contributed by atoms with E-state index in [1.165, 1.54) is 36.9 Å². The van der Waals surface area contributed by atoms with Crippen molar-refractivity contribution < 1.29 is 19.1 Å². The predicted molar refractivity (Wildman–Crippen MR) is 104 cm³/mol. The minimum absolute atomic E-state index is 0.0995. The molecule has 0 aliphatic carbocycles. The molecule has 0 aliphatic heterocycles. The number of hydrogen-bond donors (Lipinski definition) is 2. The summed E-state index contributed by atoms with van der Waals surface area (Å²) < 4.78 is 10.4. The van der Waals surface area contributed by atoms with Gasteiger partial charge in [-0.1, -0.05) is 0 Å². The van der Waals surface area contributed by atoms with Crippen LogP contribution in [0, 0.1) is 0 Å². The number of ether oxygens (including phenoxy) is 2.